The average molecular weight is 337 g/mol. The summed E-state index contributed by atoms with van der Waals surface area (Å²) in [6.45, 7) is 6.18. The molecule has 3 heteroatoms. The molecule has 0 fully saturated rings. The molecule has 0 saturated heterocycles. The molecule has 106 valence electrons. The van der Waals surface area contributed by atoms with Crippen molar-refractivity contribution >= 4 is 15.9 Å². The van der Waals surface area contributed by atoms with Crippen molar-refractivity contribution in [2.45, 2.75) is 33.3 Å². The van der Waals surface area contributed by atoms with Gasteiger partial charge in [-0.05, 0) is 55.2 Å². The number of hydrogen-bond donors (Lipinski definition) is 1. The van der Waals surface area contributed by atoms with Crippen LogP contribution in [0.25, 0.3) is 0 Å². The van der Waals surface area contributed by atoms with Crippen LogP contribution in [0.3, 0.4) is 0 Å². The van der Waals surface area contributed by atoms with E-state index in [4.69, 9.17) is 0 Å². The van der Waals surface area contributed by atoms with E-state index in [0.717, 1.165) is 5.56 Å². The lowest BCUT2D eigenvalue weighted by atomic mass is 9.93. The predicted molar refractivity (Wildman–Crippen MR) is 83.4 cm³/mol. The van der Waals surface area contributed by atoms with Crippen LogP contribution in [0.1, 0.15) is 33.9 Å². The average Bonchev–Trinajstić information content (AvgIpc) is 2.33. The second-order valence-corrected chi connectivity index (χ2v) is 6.12. The molecular weight excluding hydrogens is 319 g/mol. The number of halogens is 2. The van der Waals surface area contributed by atoms with E-state index < -0.39 is 6.10 Å². The molecule has 0 aliphatic rings. The first kappa shape index (κ1) is 15.2. The summed E-state index contributed by atoms with van der Waals surface area (Å²) in [6, 6.07) is 8.62. The topological polar surface area (TPSA) is 20.2 Å². The number of aliphatic hydroxyl groups is 1. The SMILES string of the molecule is Cc1cc(C)c(CC(O)c2ccc(F)cc2Br)c(C)c1. The first-order valence-corrected chi connectivity index (χ1v) is 7.37. The molecule has 0 saturated carbocycles. The van der Waals surface area contributed by atoms with Gasteiger partial charge in [0.1, 0.15) is 5.82 Å². The first-order valence-electron chi connectivity index (χ1n) is 6.58. The Hall–Kier alpha value is -1.19. The summed E-state index contributed by atoms with van der Waals surface area (Å²) in [5.41, 5.74) is 5.45. The molecule has 1 nitrogen and oxygen atoms in total. The smallest absolute Gasteiger partial charge is 0.124 e. The van der Waals surface area contributed by atoms with E-state index in [0.29, 0.717) is 16.5 Å². The molecular formula is C17H18BrFO. The van der Waals surface area contributed by atoms with E-state index in [1.807, 2.05) is 0 Å². The molecule has 0 aliphatic carbocycles. The highest BCUT2D eigenvalue weighted by Gasteiger charge is 2.15. The van der Waals surface area contributed by atoms with Crippen LogP contribution >= 0.6 is 15.9 Å². The summed E-state index contributed by atoms with van der Waals surface area (Å²) < 4.78 is 13.7. The molecule has 0 bridgehead atoms. The lowest BCUT2D eigenvalue weighted by molar-refractivity contribution is 0.177. The maximum atomic E-state index is 13.1. The molecule has 0 amide bonds. The predicted octanol–water partition coefficient (Wildman–Crippen LogP) is 4.79. The van der Waals surface area contributed by atoms with Gasteiger partial charge in [-0.1, -0.05) is 39.7 Å². The Bertz CT molecular complexity index is 614. The summed E-state index contributed by atoms with van der Waals surface area (Å²) in [5.74, 6) is -0.310. The molecule has 1 atom stereocenters. The van der Waals surface area contributed by atoms with Crippen molar-refractivity contribution in [2.75, 3.05) is 0 Å². The van der Waals surface area contributed by atoms with Gasteiger partial charge in [-0.2, -0.15) is 0 Å². The number of aliphatic hydroxyl groups excluding tert-OH is 1. The van der Waals surface area contributed by atoms with Crippen LogP contribution in [0.4, 0.5) is 4.39 Å². The number of rotatable bonds is 3. The maximum absolute atomic E-state index is 13.1. The van der Waals surface area contributed by atoms with Crippen molar-refractivity contribution in [3.63, 3.8) is 0 Å². The molecule has 2 rings (SSSR count). The van der Waals surface area contributed by atoms with Crippen molar-refractivity contribution in [1.82, 2.24) is 0 Å². The summed E-state index contributed by atoms with van der Waals surface area (Å²) in [5, 5.41) is 10.4. The Morgan fingerprint density at radius 2 is 1.70 bits per heavy atom. The highest BCUT2D eigenvalue weighted by atomic mass is 79.9. The lowest BCUT2D eigenvalue weighted by Gasteiger charge is -2.17. The van der Waals surface area contributed by atoms with Gasteiger partial charge in [-0.15, -0.1) is 0 Å². The minimum Gasteiger partial charge on any atom is -0.388 e. The standard InChI is InChI=1S/C17H18BrFO/c1-10-6-11(2)15(12(3)7-10)9-17(20)14-5-4-13(19)8-16(14)18/h4-8,17,20H,9H2,1-3H3. The zero-order valence-electron chi connectivity index (χ0n) is 11.9. The number of hydrogen-bond acceptors (Lipinski definition) is 1. The fourth-order valence-electron chi connectivity index (χ4n) is 2.61. The molecule has 2 aromatic rings. The monoisotopic (exact) mass is 336 g/mol. The lowest BCUT2D eigenvalue weighted by Crippen LogP contribution is -2.06. The normalized spacial score (nSPS) is 12.5. The summed E-state index contributed by atoms with van der Waals surface area (Å²) in [6.07, 6.45) is -0.118. The summed E-state index contributed by atoms with van der Waals surface area (Å²) in [7, 11) is 0. The molecule has 0 aromatic heterocycles. The fourth-order valence-corrected chi connectivity index (χ4v) is 3.22. The molecule has 2 aromatic carbocycles. The minimum atomic E-state index is -0.648. The Morgan fingerprint density at radius 1 is 1.10 bits per heavy atom. The van der Waals surface area contributed by atoms with Gasteiger partial charge in [-0.25, -0.2) is 4.39 Å². The summed E-state index contributed by atoms with van der Waals surface area (Å²) >= 11 is 3.31. The Balaban J connectivity index is 2.30. The highest BCUT2D eigenvalue weighted by Crippen LogP contribution is 2.29. The molecule has 1 N–H and O–H groups in total. The van der Waals surface area contributed by atoms with E-state index in [1.54, 1.807) is 6.07 Å². The molecule has 0 spiro atoms. The van der Waals surface area contributed by atoms with Gasteiger partial charge >= 0.3 is 0 Å². The van der Waals surface area contributed by atoms with Crippen LogP contribution in [0, 0.1) is 26.6 Å². The highest BCUT2D eigenvalue weighted by molar-refractivity contribution is 9.10. The van der Waals surface area contributed by atoms with Gasteiger partial charge < -0.3 is 5.11 Å². The third-order valence-corrected chi connectivity index (χ3v) is 4.25. The molecule has 0 aliphatic heterocycles. The van der Waals surface area contributed by atoms with Crippen molar-refractivity contribution in [3.8, 4) is 0 Å². The van der Waals surface area contributed by atoms with Gasteiger partial charge in [-0.3, -0.25) is 0 Å². The van der Waals surface area contributed by atoms with Crippen molar-refractivity contribution < 1.29 is 9.50 Å². The molecule has 1 unspecified atom stereocenters. The van der Waals surface area contributed by atoms with Crippen LogP contribution in [0.15, 0.2) is 34.8 Å². The van der Waals surface area contributed by atoms with Gasteiger partial charge in [0.05, 0.1) is 6.10 Å². The van der Waals surface area contributed by atoms with E-state index in [1.165, 1.54) is 28.8 Å². The van der Waals surface area contributed by atoms with Crippen LogP contribution in [0.2, 0.25) is 0 Å². The van der Waals surface area contributed by atoms with Crippen LogP contribution in [0.5, 0.6) is 0 Å². The van der Waals surface area contributed by atoms with E-state index in [9.17, 15) is 9.50 Å². The second kappa shape index (κ2) is 6.06. The minimum absolute atomic E-state index is 0.310. The Morgan fingerprint density at radius 3 is 2.25 bits per heavy atom. The summed E-state index contributed by atoms with van der Waals surface area (Å²) in [4.78, 5) is 0. The van der Waals surface area contributed by atoms with Crippen molar-refractivity contribution in [3.05, 3.63) is 68.4 Å². The van der Waals surface area contributed by atoms with Gasteiger partial charge in [0.25, 0.3) is 0 Å². The third kappa shape index (κ3) is 3.28. The molecule has 0 radical (unpaired) electrons. The van der Waals surface area contributed by atoms with Crippen molar-refractivity contribution in [2.24, 2.45) is 0 Å². The third-order valence-electron chi connectivity index (χ3n) is 3.56. The van der Waals surface area contributed by atoms with E-state index in [-0.39, 0.29) is 5.82 Å². The van der Waals surface area contributed by atoms with Crippen molar-refractivity contribution in [1.29, 1.82) is 0 Å². The molecule has 0 heterocycles. The fraction of sp³-hybridized carbons (Fsp3) is 0.294. The van der Waals surface area contributed by atoms with Crippen LogP contribution < -0.4 is 0 Å². The number of aryl methyl sites for hydroxylation is 3. The zero-order chi connectivity index (χ0) is 14.9. The van der Waals surface area contributed by atoms with Gasteiger partial charge in [0.2, 0.25) is 0 Å². The quantitative estimate of drug-likeness (QED) is 0.854. The second-order valence-electron chi connectivity index (χ2n) is 5.26. The Kier molecular flexibility index (Phi) is 4.61. The van der Waals surface area contributed by atoms with Crippen LogP contribution in [-0.4, -0.2) is 5.11 Å². The van der Waals surface area contributed by atoms with E-state index >= 15 is 0 Å². The maximum Gasteiger partial charge on any atom is 0.124 e. The zero-order valence-corrected chi connectivity index (χ0v) is 13.5. The largest absolute Gasteiger partial charge is 0.388 e. The number of benzene rings is 2. The Labute approximate surface area is 127 Å². The molecule has 20 heavy (non-hydrogen) atoms. The van der Waals surface area contributed by atoms with Gasteiger partial charge in [0, 0.05) is 10.9 Å². The van der Waals surface area contributed by atoms with Gasteiger partial charge in [0.15, 0.2) is 0 Å². The van der Waals surface area contributed by atoms with Crippen LogP contribution in [-0.2, 0) is 6.42 Å². The van der Waals surface area contributed by atoms with E-state index in [2.05, 4.69) is 48.8 Å². The first-order chi connectivity index (χ1) is 9.38.